The maximum absolute atomic E-state index is 11.8. The normalized spacial score (nSPS) is 12.7. The van der Waals surface area contributed by atoms with Gasteiger partial charge in [0.1, 0.15) is 0 Å². The van der Waals surface area contributed by atoms with Crippen LogP contribution in [0.2, 0.25) is 0 Å². The predicted molar refractivity (Wildman–Crippen MR) is 40.9 cm³/mol. The lowest BCUT2D eigenvalue weighted by atomic mass is 10.1. The van der Waals surface area contributed by atoms with E-state index in [1.54, 1.807) is 0 Å². The van der Waals surface area contributed by atoms with Gasteiger partial charge in [-0.2, -0.15) is 43.9 Å². The zero-order chi connectivity index (χ0) is 17.2. The molecule has 0 spiro atoms. The Bertz CT molecular complexity index is 369. The zero-order valence-corrected chi connectivity index (χ0v) is 8.99. The highest BCUT2D eigenvalue weighted by Crippen LogP contribution is 2.46. The fourth-order valence-electron chi connectivity index (χ4n) is 0.312. The molecule has 0 fully saturated rings. The molecule has 0 rings (SSSR count). The van der Waals surface area contributed by atoms with Crippen LogP contribution in [0.4, 0.5) is 43.9 Å². The molecule has 0 aromatic carbocycles. The van der Waals surface area contributed by atoms with E-state index in [2.05, 4.69) is 0 Å². The fraction of sp³-hybridized carbons (Fsp3) is 0.667. The number of carbonyl (C=O) groups is 2. The zero-order valence-electron chi connectivity index (χ0n) is 8.99. The molecular formula is C6H4F10O5. The van der Waals surface area contributed by atoms with Gasteiger partial charge >= 0.3 is 36.1 Å². The molecule has 0 heterocycles. The molecule has 0 amide bonds. The van der Waals surface area contributed by atoms with Gasteiger partial charge in [-0.15, -0.1) is 0 Å². The van der Waals surface area contributed by atoms with E-state index in [1.807, 2.05) is 0 Å². The van der Waals surface area contributed by atoms with Gasteiger partial charge in [-0.1, -0.05) is 0 Å². The Kier molecular flexibility index (Phi) is 7.81. The molecule has 0 radical (unpaired) electrons. The van der Waals surface area contributed by atoms with Crippen molar-refractivity contribution in [2.45, 2.75) is 24.2 Å². The van der Waals surface area contributed by atoms with Crippen molar-refractivity contribution in [3.05, 3.63) is 0 Å². The Labute approximate surface area is 107 Å². The summed E-state index contributed by atoms with van der Waals surface area (Å²) >= 11 is 0. The van der Waals surface area contributed by atoms with E-state index in [0.717, 1.165) is 0 Å². The van der Waals surface area contributed by atoms with Crippen molar-refractivity contribution >= 4 is 11.9 Å². The van der Waals surface area contributed by atoms with Crippen molar-refractivity contribution in [3.8, 4) is 0 Å². The van der Waals surface area contributed by atoms with Crippen LogP contribution in [-0.2, 0) is 9.59 Å². The third-order valence-corrected chi connectivity index (χ3v) is 1.26. The van der Waals surface area contributed by atoms with Crippen LogP contribution in [-0.4, -0.2) is 51.8 Å². The van der Waals surface area contributed by atoms with Gasteiger partial charge in [-0.05, 0) is 0 Å². The SMILES string of the molecule is O.O=C(O)C(F)(F)C(F)(F)C(F)(F)F.O=C(O)C(F)(F)F. The molecule has 0 saturated carbocycles. The second-order valence-electron chi connectivity index (χ2n) is 2.75. The molecule has 0 aliphatic heterocycles. The highest BCUT2D eigenvalue weighted by molar-refractivity contribution is 5.76. The minimum Gasteiger partial charge on any atom is -0.477 e. The van der Waals surface area contributed by atoms with Crippen molar-refractivity contribution in [2.24, 2.45) is 0 Å². The first-order valence-electron chi connectivity index (χ1n) is 3.75. The van der Waals surface area contributed by atoms with E-state index < -0.39 is 36.1 Å². The first-order valence-corrected chi connectivity index (χ1v) is 3.75. The standard InChI is InChI=1S/C4HF7O2.C2HF3O2.H2O/c5-2(6,1(12)13)3(7,8)4(9,10)11;3-2(4,5)1(6)7;/h(H,12,13);(H,6,7);1H2. The Morgan fingerprint density at radius 2 is 0.905 bits per heavy atom. The molecule has 15 heteroatoms. The van der Waals surface area contributed by atoms with E-state index in [9.17, 15) is 48.7 Å². The average molecular weight is 346 g/mol. The summed E-state index contributed by atoms with van der Waals surface area (Å²) in [5, 5.41) is 14.5. The molecule has 4 N–H and O–H groups in total. The van der Waals surface area contributed by atoms with Gasteiger partial charge in [0.05, 0.1) is 0 Å². The number of rotatable bonds is 2. The number of carboxylic acids is 2. The van der Waals surface area contributed by atoms with Gasteiger partial charge in [0.15, 0.2) is 0 Å². The summed E-state index contributed by atoms with van der Waals surface area (Å²) < 4.78 is 112. The third-order valence-electron chi connectivity index (χ3n) is 1.26. The van der Waals surface area contributed by atoms with Gasteiger partial charge < -0.3 is 15.7 Å². The molecule has 0 saturated heterocycles. The highest BCUT2D eigenvalue weighted by atomic mass is 19.4. The number of aliphatic carboxylic acids is 2. The van der Waals surface area contributed by atoms with E-state index in [-0.39, 0.29) is 5.48 Å². The van der Waals surface area contributed by atoms with Crippen LogP contribution >= 0.6 is 0 Å². The fourth-order valence-corrected chi connectivity index (χ4v) is 0.312. The number of alkyl halides is 10. The Hall–Kier alpha value is -1.80. The molecule has 0 aromatic rings. The van der Waals surface area contributed by atoms with Crippen LogP contribution in [0.3, 0.4) is 0 Å². The number of hydrogen-bond donors (Lipinski definition) is 2. The summed E-state index contributed by atoms with van der Waals surface area (Å²) in [6.45, 7) is 0. The van der Waals surface area contributed by atoms with Crippen molar-refractivity contribution in [3.63, 3.8) is 0 Å². The van der Waals surface area contributed by atoms with Gasteiger partial charge in [0.2, 0.25) is 0 Å². The summed E-state index contributed by atoms with van der Waals surface area (Å²) in [4.78, 5) is 18.3. The lowest BCUT2D eigenvalue weighted by Gasteiger charge is -2.24. The molecular weight excluding hydrogens is 342 g/mol. The van der Waals surface area contributed by atoms with Crippen molar-refractivity contribution in [1.29, 1.82) is 0 Å². The van der Waals surface area contributed by atoms with Crippen molar-refractivity contribution in [1.82, 2.24) is 0 Å². The minimum atomic E-state index is -6.60. The van der Waals surface area contributed by atoms with Gasteiger partial charge in [-0.3, -0.25) is 0 Å². The van der Waals surface area contributed by atoms with Gasteiger partial charge in [0.25, 0.3) is 0 Å². The van der Waals surface area contributed by atoms with Crippen LogP contribution < -0.4 is 0 Å². The van der Waals surface area contributed by atoms with Crippen LogP contribution in [0, 0.1) is 0 Å². The molecule has 0 unspecified atom stereocenters. The molecule has 128 valence electrons. The predicted octanol–water partition coefficient (Wildman–Crippen LogP) is 1.71. The van der Waals surface area contributed by atoms with E-state index >= 15 is 0 Å². The Morgan fingerprint density at radius 3 is 0.952 bits per heavy atom. The summed E-state index contributed by atoms with van der Waals surface area (Å²) in [7, 11) is 0. The molecule has 0 aliphatic carbocycles. The van der Waals surface area contributed by atoms with Gasteiger partial charge in [0, 0.05) is 0 Å². The largest absolute Gasteiger partial charge is 0.490 e. The average Bonchev–Trinajstić information content (AvgIpc) is 2.14. The van der Waals surface area contributed by atoms with Crippen LogP contribution in [0.15, 0.2) is 0 Å². The van der Waals surface area contributed by atoms with Crippen LogP contribution in [0.25, 0.3) is 0 Å². The first-order chi connectivity index (χ1) is 8.39. The molecule has 0 bridgehead atoms. The molecule has 0 aromatic heterocycles. The van der Waals surface area contributed by atoms with Crippen molar-refractivity contribution in [2.75, 3.05) is 0 Å². The second-order valence-corrected chi connectivity index (χ2v) is 2.75. The highest BCUT2D eigenvalue weighted by Gasteiger charge is 2.76. The minimum absolute atomic E-state index is 0. The monoisotopic (exact) mass is 346 g/mol. The van der Waals surface area contributed by atoms with Crippen LogP contribution in [0.5, 0.6) is 0 Å². The number of halogens is 10. The number of hydrogen-bond acceptors (Lipinski definition) is 2. The number of carboxylic acid groups (broad SMARTS) is 2. The summed E-state index contributed by atoms with van der Waals surface area (Å²) in [6.07, 6.45) is -11.7. The van der Waals surface area contributed by atoms with Crippen molar-refractivity contribution < 1.29 is 69.2 Å². The van der Waals surface area contributed by atoms with Crippen LogP contribution in [0.1, 0.15) is 0 Å². The topological polar surface area (TPSA) is 106 Å². The smallest absolute Gasteiger partial charge is 0.477 e. The molecule has 0 atom stereocenters. The van der Waals surface area contributed by atoms with E-state index in [4.69, 9.17) is 15.0 Å². The maximum atomic E-state index is 11.8. The third kappa shape index (κ3) is 6.01. The van der Waals surface area contributed by atoms with E-state index in [1.165, 1.54) is 0 Å². The molecule has 21 heavy (non-hydrogen) atoms. The first kappa shape index (κ1) is 24.2. The Morgan fingerprint density at radius 1 is 0.667 bits per heavy atom. The maximum Gasteiger partial charge on any atom is 0.490 e. The summed E-state index contributed by atoms with van der Waals surface area (Å²) in [5.74, 6) is -19.0. The summed E-state index contributed by atoms with van der Waals surface area (Å²) in [5.41, 5.74) is 0. The Balaban J connectivity index is -0.000000347. The van der Waals surface area contributed by atoms with Gasteiger partial charge in [-0.25, -0.2) is 9.59 Å². The lowest BCUT2D eigenvalue weighted by molar-refractivity contribution is -0.347. The molecule has 5 nitrogen and oxygen atoms in total. The quantitative estimate of drug-likeness (QED) is 0.743. The molecule has 0 aliphatic rings. The summed E-state index contributed by atoms with van der Waals surface area (Å²) in [6, 6.07) is 0. The second kappa shape index (κ2) is 6.77. The van der Waals surface area contributed by atoms with E-state index in [0.29, 0.717) is 0 Å². The lowest BCUT2D eigenvalue weighted by Crippen LogP contribution is -2.56.